The Hall–Kier alpha value is -1.04. The third-order valence-electron chi connectivity index (χ3n) is 3.28. The Kier molecular flexibility index (Phi) is 4.85. The summed E-state index contributed by atoms with van der Waals surface area (Å²) >= 11 is 1.26. The van der Waals surface area contributed by atoms with E-state index in [1.54, 1.807) is 0 Å². The summed E-state index contributed by atoms with van der Waals surface area (Å²) in [4.78, 5) is 10.7. The fourth-order valence-electron chi connectivity index (χ4n) is 2.11. The molecule has 1 aliphatic carbocycles. The van der Waals surface area contributed by atoms with Gasteiger partial charge in [0.15, 0.2) is 5.16 Å². The van der Waals surface area contributed by atoms with Crippen LogP contribution in [0.1, 0.15) is 51.3 Å². The van der Waals surface area contributed by atoms with Crippen molar-refractivity contribution in [2.24, 2.45) is 5.92 Å². The molecule has 5 nitrogen and oxygen atoms in total. The first-order valence-electron chi connectivity index (χ1n) is 6.85. The molecule has 1 aromatic rings. The zero-order valence-corrected chi connectivity index (χ0v) is 12.3. The second-order valence-corrected chi connectivity index (χ2v) is 6.36. The molecule has 0 unspecified atom stereocenters. The van der Waals surface area contributed by atoms with Gasteiger partial charge in [0, 0.05) is 12.5 Å². The molecule has 1 fully saturated rings. The van der Waals surface area contributed by atoms with Crippen molar-refractivity contribution in [1.29, 1.82) is 0 Å². The number of nitrogens with zero attached hydrogens (tertiary/aromatic N) is 3. The molecule has 0 amide bonds. The quantitative estimate of drug-likeness (QED) is 0.743. The first-order chi connectivity index (χ1) is 9.08. The van der Waals surface area contributed by atoms with Gasteiger partial charge in [-0.2, -0.15) is 0 Å². The summed E-state index contributed by atoms with van der Waals surface area (Å²) in [5.41, 5.74) is 0. The lowest BCUT2D eigenvalue weighted by atomic mass is 10.2. The molecule has 1 saturated carbocycles. The first-order valence-corrected chi connectivity index (χ1v) is 7.84. The molecule has 106 valence electrons. The van der Waals surface area contributed by atoms with Crippen molar-refractivity contribution in [3.63, 3.8) is 0 Å². The summed E-state index contributed by atoms with van der Waals surface area (Å²) in [7, 11) is 0. The number of carboxylic acids is 1. The van der Waals surface area contributed by atoms with Gasteiger partial charge < -0.3 is 9.67 Å². The van der Waals surface area contributed by atoms with Crippen LogP contribution in [0.15, 0.2) is 5.16 Å². The molecule has 0 saturated heterocycles. The summed E-state index contributed by atoms with van der Waals surface area (Å²) in [6.45, 7) is 5.08. The van der Waals surface area contributed by atoms with E-state index < -0.39 is 5.97 Å². The molecule has 0 bridgehead atoms. The van der Waals surface area contributed by atoms with Gasteiger partial charge in [-0.1, -0.05) is 38.5 Å². The van der Waals surface area contributed by atoms with Gasteiger partial charge in [-0.05, 0) is 18.8 Å². The number of aromatic nitrogens is 3. The van der Waals surface area contributed by atoms with Crippen molar-refractivity contribution >= 4 is 17.7 Å². The Bertz CT molecular complexity index is 441. The maximum Gasteiger partial charge on any atom is 0.313 e. The van der Waals surface area contributed by atoms with Crippen molar-refractivity contribution in [3.05, 3.63) is 5.82 Å². The third-order valence-corrected chi connectivity index (χ3v) is 4.23. The number of thioether (sulfide) groups is 1. The van der Waals surface area contributed by atoms with Crippen LogP contribution in [0.25, 0.3) is 0 Å². The maximum absolute atomic E-state index is 10.7. The third kappa shape index (κ3) is 4.23. The van der Waals surface area contributed by atoms with Gasteiger partial charge >= 0.3 is 5.97 Å². The largest absolute Gasteiger partial charge is 0.481 e. The zero-order valence-electron chi connectivity index (χ0n) is 11.5. The highest BCUT2D eigenvalue weighted by Gasteiger charge is 2.21. The van der Waals surface area contributed by atoms with E-state index in [0.29, 0.717) is 5.92 Å². The normalized spacial score (nSPS) is 15.1. The first kappa shape index (κ1) is 14.4. The maximum atomic E-state index is 10.7. The highest BCUT2D eigenvalue weighted by atomic mass is 32.2. The van der Waals surface area contributed by atoms with Crippen LogP contribution in [-0.2, 0) is 11.3 Å². The van der Waals surface area contributed by atoms with Gasteiger partial charge in [0.25, 0.3) is 0 Å². The van der Waals surface area contributed by atoms with E-state index in [1.165, 1.54) is 31.0 Å². The molecule has 1 aromatic heterocycles. The van der Waals surface area contributed by atoms with Crippen LogP contribution < -0.4 is 0 Å². The Balaban J connectivity index is 2.00. The van der Waals surface area contributed by atoms with Crippen LogP contribution in [0, 0.1) is 5.92 Å². The van der Waals surface area contributed by atoms with Gasteiger partial charge in [-0.15, -0.1) is 10.2 Å². The van der Waals surface area contributed by atoms with E-state index in [9.17, 15) is 4.79 Å². The molecular weight excluding hydrogens is 262 g/mol. The smallest absolute Gasteiger partial charge is 0.313 e. The average Bonchev–Trinajstić information content (AvgIpc) is 3.06. The monoisotopic (exact) mass is 283 g/mol. The molecule has 6 heteroatoms. The van der Waals surface area contributed by atoms with E-state index in [-0.39, 0.29) is 5.75 Å². The summed E-state index contributed by atoms with van der Waals surface area (Å²) in [6, 6.07) is 0. The summed E-state index contributed by atoms with van der Waals surface area (Å²) in [6.07, 6.45) is 5.14. The van der Waals surface area contributed by atoms with Gasteiger partial charge in [0.2, 0.25) is 0 Å². The van der Waals surface area contributed by atoms with E-state index >= 15 is 0 Å². The van der Waals surface area contributed by atoms with Crippen LogP contribution in [0.2, 0.25) is 0 Å². The van der Waals surface area contributed by atoms with Crippen molar-refractivity contribution in [2.45, 2.75) is 57.1 Å². The number of carbonyl (C=O) groups is 1. The topological polar surface area (TPSA) is 68.0 Å². The number of aliphatic carboxylic acids is 1. The van der Waals surface area contributed by atoms with Gasteiger partial charge in [-0.3, -0.25) is 4.79 Å². The van der Waals surface area contributed by atoms with E-state index in [0.717, 1.165) is 29.9 Å². The van der Waals surface area contributed by atoms with Crippen LogP contribution in [0.5, 0.6) is 0 Å². The number of carboxylic acid groups (broad SMARTS) is 1. The number of rotatable bonds is 8. The van der Waals surface area contributed by atoms with Crippen LogP contribution in [0.4, 0.5) is 0 Å². The molecule has 1 aliphatic rings. The molecule has 1 N–H and O–H groups in total. The molecule has 2 rings (SSSR count). The standard InChI is InChI=1S/C13H21N3O2S/c1-9(2)12-14-15-13(19-8-11(17)18)16(12)7-3-4-10-5-6-10/h9-10H,3-8H2,1-2H3,(H,17,18). The molecular formula is C13H21N3O2S. The Labute approximate surface area is 117 Å². The predicted molar refractivity (Wildman–Crippen MR) is 74.4 cm³/mol. The Morgan fingerprint density at radius 2 is 2.21 bits per heavy atom. The van der Waals surface area contributed by atoms with Crippen molar-refractivity contribution in [1.82, 2.24) is 14.8 Å². The van der Waals surface area contributed by atoms with Crippen molar-refractivity contribution in [3.8, 4) is 0 Å². The lowest BCUT2D eigenvalue weighted by Gasteiger charge is -2.11. The fourth-order valence-corrected chi connectivity index (χ4v) is 2.81. The summed E-state index contributed by atoms with van der Waals surface area (Å²) in [5, 5.41) is 17.8. The highest BCUT2D eigenvalue weighted by Crippen LogP contribution is 2.34. The van der Waals surface area contributed by atoms with Gasteiger partial charge in [0.05, 0.1) is 5.75 Å². The Morgan fingerprint density at radius 1 is 1.47 bits per heavy atom. The molecule has 1 heterocycles. The lowest BCUT2D eigenvalue weighted by molar-refractivity contribution is -0.133. The van der Waals surface area contributed by atoms with E-state index in [1.807, 2.05) is 0 Å². The van der Waals surface area contributed by atoms with E-state index in [4.69, 9.17) is 5.11 Å². The summed E-state index contributed by atoms with van der Waals surface area (Å²) < 4.78 is 2.10. The van der Waals surface area contributed by atoms with E-state index in [2.05, 4.69) is 28.6 Å². The average molecular weight is 283 g/mol. The van der Waals surface area contributed by atoms with Gasteiger partial charge in [0.1, 0.15) is 5.82 Å². The number of hydrogen-bond acceptors (Lipinski definition) is 4. The minimum absolute atomic E-state index is 0.0405. The second-order valence-electron chi connectivity index (χ2n) is 5.42. The second kappa shape index (κ2) is 6.41. The molecule has 0 aromatic carbocycles. The fraction of sp³-hybridized carbons (Fsp3) is 0.769. The molecule has 0 spiro atoms. The molecule has 0 radical (unpaired) electrons. The number of hydrogen-bond donors (Lipinski definition) is 1. The zero-order chi connectivity index (χ0) is 13.8. The summed E-state index contributed by atoms with van der Waals surface area (Å²) in [5.74, 6) is 1.42. The van der Waals surface area contributed by atoms with Gasteiger partial charge in [-0.25, -0.2) is 0 Å². The Morgan fingerprint density at radius 3 is 2.79 bits per heavy atom. The van der Waals surface area contributed by atoms with Crippen LogP contribution in [0.3, 0.4) is 0 Å². The molecule has 19 heavy (non-hydrogen) atoms. The van der Waals surface area contributed by atoms with Crippen molar-refractivity contribution < 1.29 is 9.90 Å². The molecule has 0 atom stereocenters. The molecule has 0 aliphatic heterocycles. The predicted octanol–water partition coefficient (Wildman–Crippen LogP) is 2.77. The minimum atomic E-state index is -0.816. The van der Waals surface area contributed by atoms with Crippen molar-refractivity contribution in [2.75, 3.05) is 5.75 Å². The highest BCUT2D eigenvalue weighted by molar-refractivity contribution is 7.99. The SMILES string of the molecule is CC(C)c1nnc(SCC(=O)O)n1CCCC1CC1. The van der Waals surface area contributed by atoms with Crippen LogP contribution >= 0.6 is 11.8 Å². The minimum Gasteiger partial charge on any atom is -0.481 e. The van der Waals surface area contributed by atoms with Crippen LogP contribution in [-0.4, -0.2) is 31.6 Å². The lowest BCUT2D eigenvalue weighted by Crippen LogP contribution is -2.08.